The summed E-state index contributed by atoms with van der Waals surface area (Å²) < 4.78 is 17.0. The number of ketones is 1. The minimum atomic E-state index is -1.33. The Morgan fingerprint density at radius 1 is 1.22 bits per heavy atom. The number of ether oxygens (including phenoxy) is 3. The topological polar surface area (TPSA) is 78.9 Å². The van der Waals surface area contributed by atoms with Crippen LogP contribution in [0.4, 0.5) is 0 Å². The summed E-state index contributed by atoms with van der Waals surface area (Å²) in [4.78, 5) is 37.7. The van der Waals surface area contributed by atoms with E-state index in [1.807, 2.05) is 20.8 Å². The number of hydrogen-bond donors (Lipinski definition) is 0. The lowest BCUT2D eigenvalue weighted by molar-refractivity contribution is -0.190. The number of fused-ring (bicyclic) bond motifs is 2. The Morgan fingerprint density at radius 2 is 1.89 bits per heavy atom. The molecular formula is C20H30O6Si. The molecule has 2 aliphatic carbocycles. The lowest BCUT2D eigenvalue weighted by Crippen LogP contribution is -2.51. The second-order valence-corrected chi connectivity index (χ2v) is 15.5. The standard InChI is InChI=1S/C20H30O6Si/c1-18(2)19(3)9-10-20(18,26-16(19)22)17(23)25-15-13(21)7-8-14(15)24-11-12-27(4,5)6/h7-8,14-15H,9-12H2,1-6H3/t14-,15-,19-,20+/m0/s1. The number of rotatable bonds is 6. The highest BCUT2D eigenvalue weighted by Crippen LogP contribution is 2.65. The van der Waals surface area contributed by atoms with Crippen molar-refractivity contribution in [1.29, 1.82) is 0 Å². The molecule has 0 N–H and O–H groups in total. The first-order valence-corrected chi connectivity index (χ1v) is 13.3. The maximum Gasteiger partial charge on any atom is 0.352 e. The van der Waals surface area contributed by atoms with Crippen LogP contribution in [0.2, 0.25) is 25.7 Å². The van der Waals surface area contributed by atoms with E-state index in [2.05, 4.69) is 19.6 Å². The van der Waals surface area contributed by atoms with E-state index in [0.29, 0.717) is 19.4 Å². The fourth-order valence-electron chi connectivity index (χ4n) is 4.23. The molecule has 7 heteroatoms. The van der Waals surface area contributed by atoms with E-state index >= 15 is 0 Å². The fourth-order valence-corrected chi connectivity index (χ4v) is 4.96. The van der Waals surface area contributed by atoms with Gasteiger partial charge in [-0.3, -0.25) is 9.59 Å². The highest BCUT2D eigenvalue weighted by molar-refractivity contribution is 6.76. The van der Waals surface area contributed by atoms with E-state index in [1.165, 1.54) is 6.08 Å². The quantitative estimate of drug-likeness (QED) is 0.509. The third kappa shape index (κ3) is 2.99. The molecule has 2 bridgehead atoms. The lowest BCUT2D eigenvalue weighted by Gasteiger charge is -2.35. The van der Waals surface area contributed by atoms with Crippen molar-refractivity contribution in [3.8, 4) is 0 Å². The minimum Gasteiger partial charge on any atom is -0.448 e. The Bertz CT molecular complexity index is 706. The molecule has 27 heavy (non-hydrogen) atoms. The molecule has 1 aliphatic heterocycles. The Morgan fingerprint density at radius 3 is 2.41 bits per heavy atom. The lowest BCUT2D eigenvalue weighted by atomic mass is 9.66. The summed E-state index contributed by atoms with van der Waals surface area (Å²) in [6.45, 7) is 12.8. The summed E-state index contributed by atoms with van der Waals surface area (Å²) >= 11 is 0. The summed E-state index contributed by atoms with van der Waals surface area (Å²) in [7, 11) is -1.27. The van der Waals surface area contributed by atoms with Gasteiger partial charge in [0.25, 0.3) is 0 Å². The first-order chi connectivity index (χ1) is 12.3. The number of hydrogen-bond acceptors (Lipinski definition) is 6. The number of carbonyl (C=O) groups excluding carboxylic acids is 3. The molecule has 1 saturated heterocycles. The monoisotopic (exact) mass is 394 g/mol. The van der Waals surface area contributed by atoms with Crippen LogP contribution >= 0.6 is 0 Å². The molecular weight excluding hydrogens is 364 g/mol. The second kappa shape index (κ2) is 6.27. The summed E-state index contributed by atoms with van der Waals surface area (Å²) in [5.41, 5.74) is -2.74. The van der Waals surface area contributed by atoms with Crippen molar-refractivity contribution in [2.45, 2.75) is 77.1 Å². The molecule has 1 saturated carbocycles. The highest BCUT2D eigenvalue weighted by Gasteiger charge is 2.76. The maximum absolute atomic E-state index is 13.1. The van der Waals surface area contributed by atoms with Crippen molar-refractivity contribution in [2.75, 3.05) is 6.61 Å². The van der Waals surface area contributed by atoms with Gasteiger partial charge in [0.15, 0.2) is 11.9 Å². The molecule has 0 aromatic carbocycles. The molecule has 4 atom stereocenters. The van der Waals surface area contributed by atoms with Gasteiger partial charge in [-0.15, -0.1) is 0 Å². The fraction of sp³-hybridized carbons (Fsp3) is 0.750. The molecule has 150 valence electrons. The van der Waals surface area contributed by atoms with Crippen LogP contribution in [0.15, 0.2) is 12.2 Å². The van der Waals surface area contributed by atoms with E-state index in [-0.39, 0.29) is 11.8 Å². The largest absolute Gasteiger partial charge is 0.448 e. The van der Waals surface area contributed by atoms with Crippen molar-refractivity contribution in [1.82, 2.24) is 0 Å². The van der Waals surface area contributed by atoms with Crippen LogP contribution in [0, 0.1) is 10.8 Å². The second-order valence-electron chi connectivity index (χ2n) is 9.91. The van der Waals surface area contributed by atoms with E-state index in [4.69, 9.17) is 14.2 Å². The molecule has 0 spiro atoms. The molecule has 3 rings (SSSR count). The average Bonchev–Trinajstić information content (AvgIpc) is 3.03. The zero-order valence-corrected chi connectivity index (χ0v) is 18.1. The Balaban J connectivity index is 1.71. The summed E-state index contributed by atoms with van der Waals surface area (Å²) in [6, 6.07) is 0.957. The van der Waals surface area contributed by atoms with Crippen molar-refractivity contribution in [3.63, 3.8) is 0 Å². The summed E-state index contributed by atoms with van der Waals surface area (Å²) in [5.74, 6) is -1.29. The molecule has 0 radical (unpaired) electrons. The molecule has 3 aliphatic rings. The Hall–Kier alpha value is -1.47. The van der Waals surface area contributed by atoms with Gasteiger partial charge in [0.2, 0.25) is 5.60 Å². The van der Waals surface area contributed by atoms with Crippen molar-refractivity contribution in [3.05, 3.63) is 12.2 Å². The van der Waals surface area contributed by atoms with Crippen LogP contribution in [0.25, 0.3) is 0 Å². The molecule has 0 aromatic rings. The molecule has 2 fully saturated rings. The van der Waals surface area contributed by atoms with Gasteiger partial charge in [-0.05, 0) is 38.0 Å². The summed E-state index contributed by atoms with van der Waals surface area (Å²) in [6.07, 6.45) is 2.45. The van der Waals surface area contributed by atoms with Crippen molar-refractivity contribution >= 4 is 25.8 Å². The van der Waals surface area contributed by atoms with Crippen molar-refractivity contribution < 1.29 is 28.6 Å². The highest BCUT2D eigenvalue weighted by atomic mass is 28.3. The molecule has 6 nitrogen and oxygen atoms in total. The van der Waals surface area contributed by atoms with E-state index in [1.54, 1.807) is 6.08 Å². The SMILES string of the molecule is CC1(C)[C@@]2(C)CC[C@]1(C(=O)O[C@H]1C(=O)C=C[C@@H]1OCC[Si](C)(C)C)OC2=O. The van der Waals surface area contributed by atoms with Gasteiger partial charge in [0.05, 0.1) is 5.41 Å². The van der Waals surface area contributed by atoms with Crippen LogP contribution < -0.4 is 0 Å². The smallest absolute Gasteiger partial charge is 0.352 e. The van der Waals surface area contributed by atoms with E-state index < -0.39 is 42.7 Å². The number of esters is 2. The van der Waals surface area contributed by atoms with Gasteiger partial charge in [-0.25, -0.2) is 4.79 Å². The molecule has 0 unspecified atom stereocenters. The van der Waals surface area contributed by atoms with Crippen LogP contribution in [0.3, 0.4) is 0 Å². The van der Waals surface area contributed by atoms with Crippen LogP contribution in [0.1, 0.15) is 33.6 Å². The summed E-state index contributed by atoms with van der Waals surface area (Å²) in [5, 5.41) is 0. The number of carbonyl (C=O) groups is 3. The van der Waals surface area contributed by atoms with E-state index in [9.17, 15) is 14.4 Å². The Labute approximate surface area is 161 Å². The van der Waals surface area contributed by atoms with E-state index in [0.717, 1.165) is 6.04 Å². The Kier molecular flexibility index (Phi) is 4.71. The van der Waals surface area contributed by atoms with Gasteiger partial charge >= 0.3 is 11.9 Å². The van der Waals surface area contributed by atoms with Crippen molar-refractivity contribution in [2.24, 2.45) is 10.8 Å². The minimum absolute atomic E-state index is 0.291. The van der Waals surface area contributed by atoms with Crippen LogP contribution in [-0.4, -0.2) is 50.2 Å². The van der Waals surface area contributed by atoms with Gasteiger partial charge in [-0.1, -0.05) is 33.5 Å². The van der Waals surface area contributed by atoms with Crippen LogP contribution in [-0.2, 0) is 28.6 Å². The molecule has 1 heterocycles. The molecule has 0 amide bonds. The first kappa shape index (κ1) is 20.3. The maximum atomic E-state index is 13.1. The van der Waals surface area contributed by atoms with Gasteiger partial charge in [0, 0.05) is 20.1 Å². The average molecular weight is 395 g/mol. The first-order valence-electron chi connectivity index (χ1n) is 9.62. The van der Waals surface area contributed by atoms with Gasteiger partial charge < -0.3 is 14.2 Å². The third-order valence-corrected chi connectivity index (χ3v) is 8.54. The zero-order valence-electron chi connectivity index (χ0n) is 17.1. The van der Waals surface area contributed by atoms with Gasteiger partial charge in [0.1, 0.15) is 6.10 Å². The normalized spacial score (nSPS) is 37.0. The molecule has 0 aromatic heterocycles. The predicted molar refractivity (Wildman–Crippen MR) is 102 cm³/mol. The predicted octanol–water partition coefficient (Wildman–Crippen LogP) is 2.88. The van der Waals surface area contributed by atoms with Gasteiger partial charge in [-0.2, -0.15) is 0 Å². The third-order valence-electron chi connectivity index (χ3n) is 6.84. The zero-order chi connectivity index (χ0) is 20.3. The van der Waals surface area contributed by atoms with Crippen LogP contribution in [0.5, 0.6) is 0 Å².